The van der Waals surface area contributed by atoms with E-state index in [2.05, 4.69) is 22.9 Å². The third-order valence-electron chi connectivity index (χ3n) is 3.66. The lowest BCUT2D eigenvalue weighted by molar-refractivity contribution is 0.0238. The Morgan fingerprint density at radius 3 is 2.72 bits per heavy atom. The SMILES string of the molecule is Cc1cc(F)c(C(Br)C2CCOCC2C)cc1F. The summed E-state index contributed by atoms with van der Waals surface area (Å²) in [4.78, 5) is -0.161. The zero-order chi connectivity index (χ0) is 13.3. The first-order valence-corrected chi connectivity index (χ1v) is 7.09. The van der Waals surface area contributed by atoms with Crippen molar-refractivity contribution in [2.45, 2.75) is 25.1 Å². The average molecular weight is 319 g/mol. The zero-order valence-electron chi connectivity index (χ0n) is 10.6. The first-order chi connectivity index (χ1) is 8.50. The van der Waals surface area contributed by atoms with Gasteiger partial charge in [-0.1, -0.05) is 22.9 Å². The summed E-state index contributed by atoms with van der Waals surface area (Å²) < 4.78 is 32.9. The van der Waals surface area contributed by atoms with E-state index in [0.717, 1.165) is 6.42 Å². The minimum absolute atomic E-state index is 0.161. The van der Waals surface area contributed by atoms with Gasteiger partial charge in [-0.15, -0.1) is 0 Å². The number of ether oxygens (including phenoxy) is 1. The Morgan fingerprint density at radius 1 is 1.33 bits per heavy atom. The molecule has 100 valence electrons. The summed E-state index contributed by atoms with van der Waals surface area (Å²) >= 11 is 3.54. The number of benzene rings is 1. The summed E-state index contributed by atoms with van der Waals surface area (Å²) in [7, 11) is 0. The molecule has 0 bridgehead atoms. The molecular weight excluding hydrogens is 302 g/mol. The lowest BCUT2D eigenvalue weighted by Crippen LogP contribution is -2.28. The molecule has 18 heavy (non-hydrogen) atoms. The number of rotatable bonds is 2. The molecule has 0 aromatic heterocycles. The maximum atomic E-state index is 13.9. The molecule has 0 N–H and O–H groups in total. The Morgan fingerprint density at radius 2 is 2.06 bits per heavy atom. The standard InChI is InChI=1S/C14H17BrF2O/c1-8-5-13(17)11(6-12(8)16)14(15)10-3-4-18-7-9(10)2/h5-6,9-10,14H,3-4,7H2,1-2H3. The van der Waals surface area contributed by atoms with Crippen LogP contribution in [0, 0.1) is 30.4 Å². The van der Waals surface area contributed by atoms with Crippen molar-refractivity contribution in [3.63, 3.8) is 0 Å². The highest BCUT2D eigenvalue weighted by molar-refractivity contribution is 9.09. The second-order valence-corrected chi connectivity index (χ2v) is 6.02. The minimum atomic E-state index is -0.351. The van der Waals surface area contributed by atoms with Gasteiger partial charge in [-0.2, -0.15) is 0 Å². The topological polar surface area (TPSA) is 9.23 Å². The van der Waals surface area contributed by atoms with Crippen molar-refractivity contribution in [1.29, 1.82) is 0 Å². The summed E-state index contributed by atoms with van der Waals surface area (Å²) in [6.07, 6.45) is 0.867. The molecule has 1 heterocycles. The molecule has 1 fully saturated rings. The van der Waals surface area contributed by atoms with Crippen molar-refractivity contribution in [1.82, 2.24) is 0 Å². The van der Waals surface area contributed by atoms with Crippen molar-refractivity contribution in [2.75, 3.05) is 13.2 Å². The smallest absolute Gasteiger partial charge is 0.128 e. The molecule has 3 unspecified atom stereocenters. The molecule has 1 nitrogen and oxygen atoms in total. The molecule has 2 rings (SSSR count). The Hall–Kier alpha value is -0.480. The van der Waals surface area contributed by atoms with Gasteiger partial charge in [0.15, 0.2) is 0 Å². The fourth-order valence-corrected chi connectivity index (χ4v) is 3.57. The Bertz CT molecular complexity index is 436. The largest absolute Gasteiger partial charge is 0.381 e. The maximum Gasteiger partial charge on any atom is 0.128 e. The fraction of sp³-hybridized carbons (Fsp3) is 0.571. The average Bonchev–Trinajstić information content (AvgIpc) is 2.33. The number of aryl methyl sites for hydroxylation is 1. The van der Waals surface area contributed by atoms with Crippen molar-refractivity contribution in [3.8, 4) is 0 Å². The molecule has 0 amide bonds. The first-order valence-electron chi connectivity index (χ1n) is 6.18. The Kier molecular flexibility index (Phi) is 4.38. The highest BCUT2D eigenvalue weighted by atomic mass is 79.9. The molecule has 0 saturated carbocycles. The second-order valence-electron chi connectivity index (χ2n) is 5.03. The number of halogens is 3. The molecule has 1 saturated heterocycles. The highest BCUT2D eigenvalue weighted by Crippen LogP contribution is 2.41. The van der Waals surface area contributed by atoms with Gasteiger partial charge in [0.25, 0.3) is 0 Å². The van der Waals surface area contributed by atoms with E-state index in [1.54, 1.807) is 6.92 Å². The molecule has 1 aromatic rings. The van der Waals surface area contributed by atoms with Crippen LogP contribution in [-0.4, -0.2) is 13.2 Å². The van der Waals surface area contributed by atoms with Gasteiger partial charge in [0, 0.05) is 23.6 Å². The van der Waals surface area contributed by atoms with Gasteiger partial charge in [0.05, 0.1) is 0 Å². The lowest BCUT2D eigenvalue weighted by atomic mass is 9.84. The molecular formula is C14H17BrF2O. The van der Waals surface area contributed by atoms with Crippen LogP contribution in [0.5, 0.6) is 0 Å². The van der Waals surface area contributed by atoms with E-state index in [-0.39, 0.29) is 22.4 Å². The number of hydrogen-bond donors (Lipinski definition) is 0. The predicted octanol–water partition coefficient (Wildman–Crippen LogP) is 4.38. The molecule has 1 aliphatic rings. The van der Waals surface area contributed by atoms with Gasteiger partial charge in [0.2, 0.25) is 0 Å². The summed E-state index contributed by atoms with van der Waals surface area (Å²) in [6, 6.07) is 2.58. The second kappa shape index (κ2) is 5.66. The Balaban J connectivity index is 2.27. The summed E-state index contributed by atoms with van der Waals surface area (Å²) in [5, 5.41) is 0. The van der Waals surface area contributed by atoms with E-state index in [1.807, 2.05) is 0 Å². The van der Waals surface area contributed by atoms with Crippen LogP contribution >= 0.6 is 15.9 Å². The van der Waals surface area contributed by atoms with Gasteiger partial charge in [-0.25, -0.2) is 8.78 Å². The normalized spacial score (nSPS) is 26.1. The molecule has 1 aromatic carbocycles. The van der Waals surface area contributed by atoms with Gasteiger partial charge < -0.3 is 4.74 Å². The van der Waals surface area contributed by atoms with Crippen LogP contribution in [0.3, 0.4) is 0 Å². The van der Waals surface area contributed by atoms with E-state index in [9.17, 15) is 8.78 Å². The van der Waals surface area contributed by atoms with Gasteiger partial charge in [-0.05, 0) is 42.9 Å². The van der Waals surface area contributed by atoms with Crippen molar-refractivity contribution in [3.05, 3.63) is 34.9 Å². The van der Waals surface area contributed by atoms with Gasteiger partial charge in [0.1, 0.15) is 11.6 Å². The summed E-state index contributed by atoms with van der Waals surface area (Å²) in [5.74, 6) is -0.0766. The van der Waals surface area contributed by atoms with Crippen LogP contribution in [0.1, 0.15) is 29.3 Å². The number of alkyl halides is 1. The molecule has 0 aliphatic carbocycles. The van der Waals surface area contributed by atoms with Gasteiger partial charge >= 0.3 is 0 Å². The van der Waals surface area contributed by atoms with E-state index >= 15 is 0 Å². The van der Waals surface area contributed by atoms with Crippen LogP contribution in [-0.2, 0) is 4.74 Å². The molecule has 4 heteroatoms. The third-order valence-corrected chi connectivity index (χ3v) is 4.83. The fourth-order valence-electron chi connectivity index (χ4n) is 2.44. The molecule has 3 atom stereocenters. The predicted molar refractivity (Wildman–Crippen MR) is 70.9 cm³/mol. The molecule has 0 spiro atoms. The molecule has 0 radical (unpaired) electrons. The van der Waals surface area contributed by atoms with Crippen LogP contribution in [0.15, 0.2) is 12.1 Å². The third kappa shape index (κ3) is 2.75. The lowest BCUT2D eigenvalue weighted by Gasteiger charge is -2.32. The number of hydrogen-bond acceptors (Lipinski definition) is 1. The van der Waals surface area contributed by atoms with Crippen LogP contribution in [0.25, 0.3) is 0 Å². The monoisotopic (exact) mass is 318 g/mol. The van der Waals surface area contributed by atoms with Crippen molar-refractivity contribution >= 4 is 15.9 Å². The van der Waals surface area contributed by atoms with Crippen molar-refractivity contribution < 1.29 is 13.5 Å². The zero-order valence-corrected chi connectivity index (χ0v) is 12.1. The molecule has 1 aliphatic heterocycles. The van der Waals surface area contributed by atoms with E-state index in [1.165, 1.54) is 12.1 Å². The van der Waals surface area contributed by atoms with Crippen molar-refractivity contribution in [2.24, 2.45) is 11.8 Å². The van der Waals surface area contributed by atoms with Crippen LogP contribution in [0.4, 0.5) is 8.78 Å². The Labute approximate surface area is 115 Å². The highest BCUT2D eigenvalue weighted by Gasteiger charge is 2.31. The maximum absolute atomic E-state index is 13.9. The summed E-state index contributed by atoms with van der Waals surface area (Å²) in [5.41, 5.74) is 0.757. The van der Waals surface area contributed by atoms with Gasteiger partial charge in [-0.3, -0.25) is 0 Å². The van der Waals surface area contributed by atoms with E-state index < -0.39 is 0 Å². The van der Waals surface area contributed by atoms with Crippen LogP contribution in [0.2, 0.25) is 0 Å². The minimum Gasteiger partial charge on any atom is -0.381 e. The summed E-state index contributed by atoms with van der Waals surface area (Å²) in [6.45, 7) is 5.03. The quantitative estimate of drug-likeness (QED) is 0.735. The first kappa shape index (κ1) is 13.9. The van der Waals surface area contributed by atoms with E-state index in [4.69, 9.17) is 4.74 Å². The van der Waals surface area contributed by atoms with Crippen LogP contribution < -0.4 is 0 Å². The van der Waals surface area contributed by atoms with E-state index in [0.29, 0.717) is 30.3 Å².